The largest absolute Gasteiger partial charge is 0.300 e. The summed E-state index contributed by atoms with van der Waals surface area (Å²) in [6.07, 6.45) is 15.5. The van der Waals surface area contributed by atoms with Gasteiger partial charge in [0, 0.05) is 56.5 Å². The topological polar surface area (TPSA) is 48.1 Å². The highest BCUT2D eigenvalue weighted by Crippen LogP contribution is 2.28. The lowest BCUT2D eigenvalue weighted by Crippen LogP contribution is -2.46. The molecule has 2 fully saturated rings. The molecular weight excluding hydrogens is 334 g/mol. The Morgan fingerprint density at radius 2 is 1.96 bits per heavy atom. The van der Waals surface area contributed by atoms with Crippen molar-refractivity contribution < 1.29 is 0 Å². The van der Waals surface area contributed by atoms with Crippen molar-refractivity contribution in [1.29, 1.82) is 0 Å². The number of hydrogen-bond acceptors (Lipinski definition) is 4. The second-order valence-electron chi connectivity index (χ2n) is 8.41. The van der Waals surface area contributed by atoms with E-state index in [1.165, 1.54) is 69.3 Å². The molecule has 4 rings (SSSR count). The molecule has 5 heteroatoms. The molecule has 1 aliphatic carbocycles. The fourth-order valence-corrected chi connectivity index (χ4v) is 4.94. The maximum Gasteiger partial charge on any atom is 0.0492 e. The van der Waals surface area contributed by atoms with Crippen LogP contribution in [-0.4, -0.2) is 50.7 Å². The van der Waals surface area contributed by atoms with Gasteiger partial charge in [-0.25, -0.2) is 0 Å². The first-order valence-electron chi connectivity index (χ1n) is 10.7. The normalized spacial score (nSPS) is 22.3. The number of nitrogens with zero attached hydrogens (tertiary/aromatic N) is 4. The average Bonchev–Trinajstić information content (AvgIpc) is 3.23. The molecule has 0 spiro atoms. The molecule has 27 heavy (non-hydrogen) atoms. The van der Waals surface area contributed by atoms with Crippen molar-refractivity contribution >= 4 is 0 Å². The van der Waals surface area contributed by atoms with Crippen molar-refractivity contribution in [2.45, 2.75) is 64.1 Å². The summed E-state index contributed by atoms with van der Waals surface area (Å²) in [4.78, 5) is 9.68. The summed E-state index contributed by atoms with van der Waals surface area (Å²) in [5.74, 6) is 0.764. The van der Waals surface area contributed by atoms with Gasteiger partial charge < -0.3 is 4.90 Å². The molecular formula is C22H33N5. The molecule has 1 saturated heterocycles. The SMILES string of the molecule is c1cncc(CN(Cc2ccn[nH]2)C[C@@H]2CCCN(C3CCCCC3)C2)c1. The second kappa shape index (κ2) is 9.47. The quantitative estimate of drug-likeness (QED) is 0.807. The number of H-pyrrole nitrogens is 1. The standard InChI is InChI=1S/C22H33N5/c1-2-8-22(9-3-1)27-13-5-7-20(17-27)16-26(18-21-10-12-24-25-21)15-19-6-4-11-23-14-19/h4,6,10-12,14,20,22H,1-3,5,7-9,13,15-18H2,(H,24,25)/t20-/m0/s1. The molecule has 5 nitrogen and oxygen atoms in total. The predicted molar refractivity (Wildman–Crippen MR) is 108 cm³/mol. The molecule has 1 aliphatic heterocycles. The van der Waals surface area contributed by atoms with E-state index in [9.17, 15) is 0 Å². The molecule has 146 valence electrons. The highest BCUT2D eigenvalue weighted by Gasteiger charge is 2.28. The summed E-state index contributed by atoms with van der Waals surface area (Å²) in [5, 5.41) is 7.26. The minimum atomic E-state index is 0.764. The first-order chi connectivity index (χ1) is 13.4. The third kappa shape index (κ3) is 5.39. The number of hydrogen-bond donors (Lipinski definition) is 1. The van der Waals surface area contributed by atoms with Crippen LogP contribution in [0.4, 0.5) is 0 Å². The maximum atomic E-state index is 4.30. The summed E-state index contributed by atoms with van der Waals surface area (Å²) in [7, 11) is 0. The molecule has 0 bridgehead atoms. The molecule has 1 N–H and O–H groups in total. The van der Waals surface area contributed by atoms with Crippen LogP contribution in [-0.2, 0) is 13.1 Å². The van der Waals surface area contributed by atoms with E-state index in [0.29, 0.717) is 0 Å². The second-order valence-corrected chi connectivity index (χ2v) is 8.41. The van der Waals surface area contributed by atoms with Gasteiger partial charge in [-0.1, -0.05) is 25.3 Å². The summed E-state index contributed by atoms with van der Waals surface area (Å²) in [6.45, 7) is 5.61. The molecule has 2 aromatic heterocycles. The Morgan fingerprint density at radius 1 is 1.04 bits per heavy atom. The lowest BCUT2D eigenvalue weighted by atomic mass is 9.90. The Labute approximate surface area is 163 Å². The molecule has 1 saturated carbocycles. The summed E-state index contributed by atoms with van der Waals surface area (Å²) < 4.78 is 0. The maximum absolute atomic E-state index is 4.30. The Morgan fingerprint density at radius 3 is 2.74 bits per heavy atom. The van der Waals surface area contributed by atoms with Crippen LogP contribution in [0.1, 0.15) is 56.2 Å². The van der Waals surface area contributed by atoms with Gasteiger partial charge in [0.1, 0.15) is 0 Å². The minimum Gasteiger partial charge on any atom is -0.300 e. The number of pyridine rings is 1. The summed E-state index contributed by atoms with van der Waals surface area (Å²) in [5.41, 5.74) is 2.48. The highest BCUT2D eigenvalue weighted by molar-refractivity contribution is 5.09. The monoisotopic (exact) mass is 367 g/mol. The first-order valence-corrected chi connectivity index (χ1v) is 10.7. The van der Waals surface area contributed by atoms with Gasteiger partial charge in [-0.15, -0.1) is 0 Å². The van der Waals surface area contributed by atoms with E-state index >= 15 is 0 Å². The summed E-state index contributed by atoms with van der Waals surface area (Å²) >= 11 is 0. The Bertz CT molecular complexity index is 651. The van der Waals surface area contributed by atoms with E-state index in [4.69, 9.17) is 0 Å². The van der Waals surface area contributed by atoms with Crippen molar-refractivity contribution in [1.82, 2.24) is 25.0 Å². The number of aromatic nitrogens is 3. The van der Waals surface area contributed by atoms with Crippen LogP contribution in [0.3, 0.4) is 0 Å². The average molecular weight is 368 g/mol. The number of likely N-dealkylation sites (tertiary alicyclic amines) is 1. The van der Waals surface area contributed by atoms with Gasteiger partial charge in [0.15, 0.2) is 0 Å². The number of rotatable bonds is 7. The van der Waals surface area contributed by atoms with Crippen LogP contribution in [0.15, 0.2) is 36.8 Å². The fraction of sp³-hybridized carbons (Fsp3) is 0.636. The van der Waals surface area contributed by atoms with Crippen LogP contribution in [0.5, 0.6) is 0 Å². The third-order valence-corrected chi connectivity index (χ3v) is 6.24. The fourth-order valence-electron chi connectivity index (χ4n) is 4.94. The van der Waals surface area contributed by atoms with Crippen LogP contribution in [0, 0.1) is 5.92 Å². The Balaban J connectivity index is 1.38. The van der Waals surface area contributed by atoms with Crippen LogP contribution < -0.4 is 0 Å². The Hall–Kier alpha value is -1.72. The van der Waals surface area contributed by atoms with Gasteiger partial charge in [0.25, 0.3) is 0 Å². The van der Waals surface area contributed by atoms with E-state index in [0.717, 1.165) is 31.6 Å². The van der Waals surface area contributed by atoms with Crippen molar-refractivity contribution in [2.24, 2.45) is 5.92 Å². The lowest BCUT2D eigenvalue weighted by Gasteiger charge is -2.41. The molecule has 0 aromatic carbocycles. The molecule has 0 unspecified atom stereocenters. The molecule has 0 radical (unpaired) electrons. The van der Waals surface area contributed by atoms with E-state index in [-0.39, 0.29) is 0 Å². The number of nitrogens with one attached hydrogen (secondary N) is 1. The predicted octanol–water partition coefficient (Wildman–Crippen LogP) is 3.85. The first kappa shape index (κ1) is 18.6. The van der Waals surface area contributed by atoms with E-state index < -0.39 is 0 Å². The van der Waals surface area contributed by atoms with Gasteiger partial charge in [-0.2, -0.15) is 5.10 Å². The molecule has 1 atom stereocenters. The highest BCUT2D eigenvalue weighted by atomic mass is 15.2. The van der Waals surface area contributed by atoms with E-state index in [1.807, 2.05) is 24.7 Å². The van der Waals surface area contributed by atoms with Gasteiger partial charge in [0.05, 0.1) is 0 Å². The van der Waals surface area contributed by atoms with Crippen molar-refractivity contribution in [3.8, 4) is 0 Å². The summed E-state index contributed by atoms with van der Waals surface area (Å²) in [6, 6.07) is 7.16. The van der Waals surface area contributed by atoms with Crippen molar-refractivity contribution in [3.05, 3.63) is 48.0 Å². The van der Waals surface area contributed by atoms with Crippen molar-refractivity contribution in [2.75, 3.05) is 19.6 Å². The van der Waals surface area contributed by atoms with Crippen LogP contribution in [0.25, 0.3) is 0 Å². The third-order valence-electron chi connectivity index (χ3n) is 6.24. The molecule has 2 aliphatic rings. The zero-order valence-corrected chi connectivity index (χ0v) is 16.4. The van der Waals surface area contributed by atoms with Gasteiger partial charge in [-0.3, -0.25) is 15.0 Å². The van der Waals surface area contributed by atoms with Gasteiger partial charge in [-0.05, 0) is 55.8 Å². The number of aromatic amines is 1. The molecule has 0 amide bonds. The van der Waals surface area contributed by atoms with E-state index in [1.54, 1.807) is 0 Å². The van der Waals surface area contributed by atoms with E-state index in [2.05, 4.69) is 37.1 Å². The molecule has 3 heterocycles. The Kier molecular flexibility index (Phi) is 6.53. The van der Waals surface area contributed by atoms with Gasteiger partial charge >= 0.3 is 0 Å². The zero-order valence-electron chi connectivity index (χ0n) is 16.4. The smallest absolute Gasteiger partial charge is 0.0492 e. The number of piperidine rings is 1. The lowest BCUT2D eigenvalue weighted by molar-refractivity contribution is 0.0768. The van der Waals surface area contributed by atoms with Crippen LogP contribution in [0.2, 0.25) is 0 Å². The molecule has 2 aromatic rings. The van der Waals surface area contributed by atoms with Crippen molar-refractivity contribution in [3.63, 3.8) is 0 Å². The zero-order chi connectivity index (χ0) is 18.3. The van der Waals surface area contributed by atoms with Crippen LogP contribution >= 0.6 is 0 Å². The minimum absolute atomic E-state index is 0.764. The van der Waals surface area contributed by atoms with Gasteiger partial charge in [0.2, 0.25) is 0 Å².